The van der Waals surface area contributed by atoms with Crippen molar-refractivity contribution < 1.29 is 23.8 Å². The molecule has 5 aromatic rings. The second-order valence-corrected chi connectivity index (χ2v) is 11.9. The van der Waals surface area contributed by atoms with Crippen LogP contribution in [0.1, 0.15) is 40.9 Å². The summed E-state index contributed by atoms with van der Waals surface area (Å²) < 4.78 is 28.1. The molecular formula is C29H24FN7O4S. The maximum absolute atomic E-state index is 13.8. The Morgan fingerprint density at radius 2 is 2.12 bits per heavy atom. The minimum Gasteiger partial charge on any atom is -0.494 e. The lowest BCUT2D eigenvalue weighted by molar-refractivity contribution is 0.00945. The lowest BCUT2D eigenvalue weighted by Crippen LogP contribution is -2.43. The van der Waals surface area contributed by atoms with E-state index in [1.165, 1.54) is 30.6 Å². The summed E-state index contributed by atoms with van der Waals surface area (Å²) in [6, 6.07) is 11.3. The van der Waals surface area contributed by atoms with E-state index in [4.69, 9.17) is 14.5 Å². The Kier molecular flexibility index (Phi) is 5.41. The standard InChI is InChI=1S/C29H24FN7O4S/c1-40-20-8-16(9-21-25(20)32-14-42-21)27(38)31-12-29(39,17-4-5-17)22-10-19-26(24(34-22)15-2-6-18(30)7-3-15)41-23-11-28(19,23)37-13-33-35-36-37/h2-3,6-10,13-14,17,23,39H,4-5,11-12H2,1H3,(H,31,38)/t23?,28-,29?/m1/s1. The summed E-state index contributed by atoms with van der Waals surface area (Å²) in [6.45, 7) is -0.0592. The van der Waals surface area contributed by atoms with Crippen LogP contribution in [-0.2, 0) is 11.1 Å². The van der Waals surface area contributed by atoms with Gasteiger partial charge in [0, 0.05) is 23.1 Å². The van der Waals surface area contributed by atoms with Crippen LogP contribution >= 0.6 is 11.3 Å². The smallest absolute Gasteiger partial charge is 0.251 e. The molecule has 42 heavy (non-hydrogen) atoms. The van der Waals surface area contributed by atoms with Crippen LogP contribution in [-0.4, -0.2) is 60.9 Å². The van der Waals surface area contributed by atoms with E-state index in [1.807, 2.05) is 6.07 Å². The number of hydrogen-bond acceptors (Lipinski definition) is 10. The highest BCUT2D eigenvalue weighted by Gasteiger charge is 2.67. The molecule has 2 unspecified atom stereocenters. The highest BCUT2D eigenvalue weighted by Crippen LogP contribution is 2.62. The van der Waals surface area contributed by atoms with Crippen LogP contribution in [0, 0.1) is 11.7 Å². The average Bonchev–Trinajstić information content (AvgIpc) is 3.80. The first kappa shape index (κ1) is 25.2. The van der Waals surface area contributed by atoms with Crippen molar-refractivity contribution in [3.8, 4) is 22.8 Å². The largest absolute Gasteiger partial charge is 0.494 e. The van der Waals surface area contributed by atoms with Crippen LogP contribution in [0.5, 0.6) is 11.5 Å². The predicted molar refractivity (Wildman–Crippen MR) is 149 cm³/mol. The van der Waals surface area contributed by atoms with Gasteiger partial charge >= 0.3 is 0 Å². The van der Waals surface area contributed by atoms with Gasteiger partial charge in [0.05, 0.1) is 29.6 Å². The maximum Gasteiger partial charge on any atom is 0.251 e. The molecule has 2 N–H and O–H groups in total. The minimum atomic E-state index is -1.47. The fraction of sp³-hybridized carbons (Fsp3) is 0.310. The van der Waals surface area contributed by atoms with Gasteiger partial charge in [-0.15, -0.1) is 16.4 Å². The number of carbonyl (C=O) groups excluding carboxylic acids is 1. The van der Waals surface area contributed by atoms with E-state index in [2.05, 4.69) is 25.8 Å². The average molecular weight is 586 g/mol. The van der Waals surface area contributed by atoms with Crippen molar-refractivity contribution in [2.45, 2.75) is 36.5 Å². The minimum absolute atomic E-state index is 0.0592. The third-order valence-corrected chi connectivity index (χ3v) is 9.32. The third-order valence-electron chi connectivity index (χ3n) is 8.54. The molecule has 0 bridgehead atoms. The molecule has 2 saturated carbocycles. The van der Waals surface area contributed by atoms with E-state index in [1.54, 1.807) is 40.8 Å². The molecule has 0 spiro atoms. The lowest BCUT2D eigenvalue weighted by atomic mass is 9.89. The van der Waals surface area contributed by atoms with Gasteiger partial charge in [-0.25, -0.2) is 19.0 Å². The van der Waals surface area contributed by atoms with Crippen molar-refractivity contribution in [2.24, 2.45) is 5.92 Å². The lowest BCUT2D eigenvalue weighted by Gasteiger charge is -2.30. The number of hydrogen-bond donors (Lipinski definition) is 2. The van der Waals surface area contributed by atoms with Gasteiger partial charge in [0.15, 0.2) is 5.75 Å². The van der Waals surface area contributed by atoms with E-state index in [9.17, 15) is 14.3 Å². The monoisotopic (exact) mass is 585 g/mol. The first-order valence-electron chi connectivity index (χ1n) is 13.5. The Morgan fingerprint density at radius 3 is 2.86 bits per heavy atom. The zero-order valence-corrected chi connectivity index (χ0v) is 23.1. The molecule has 3 aliphatic rings. The fourth-order valence-corrected chi connectivity index (χ4v) is 6.77. The maximum atomic E-state index is 13.8. The number of aliphatic hydroxyl groups is 1. The first-order valence-corrected chi connectivity index (χ1v) is 14.4. The summed E-state index contributed by atoms with van der Waals surface area (Å²) in [6.07, 6.45) is 3.59. The summed E-state index contributed by atoms with van der Waals surface area (Å²) in [5, 5.41) is 27.0. The molecule has 13 heteroatoms. The van der Waals surface area contributed by atoms with Gasteiger partial charge in [0.2, 0.25) is 0 Å². The number of carbonyl (C=O) groups is 1. The van der Waals surface area contributed by atoms with Crippen LogP contribution < -0.4 is 14.8 Å². The summed E-state index contributed by atoms with van der Waals surface area (Å²) in [5.41, 5.74) is 3.06. The number of ether oxygens (including phenoxy) is 2. The Morgan fingerprint density at radius 1 is 1.29 bits per heavy atom. The number of aromatic nitrogens is 6. The van der Waals surface area contributed by atoms with Gasteiger partial charge < -0.3 is 19.9 Å². The number of nitrogens with zero attached hydrogens (tertiary/aromatic N) is 6. The molecule has 2 aliphatic carbocycles. The summed E-state index contributed by atoms with van der Waals surface area (Å²) in [4.78, 5) is 22.6. The van der Waals surface area contributed by atoms with Crippen molar-refractivity contribution in [3.63, 3.8) is 0 Å². The van der Waals surface area contributed by atoms with Gasteiger partial charge in [-0.1, -0.05) is 0 Å². The number of thiazole rings is 1. The molecule has 0 radical (unpaired) electrons. The molecular weight excluding hydrogens is 561 g/mol. The molecule has 3 aromatic heterocycles. The number of rotatable bonds is 8. The van der Waals surface area contributed by atoms with Gasteiger partial charge in [0.1, 0.15) is 46.3 Å². The summed E-state index contributed by atoms with van der Waals surface area (Å²) >= 11 is 1.42. The highest BCUT2D eigenvalue weighted by atomic mass is 32.1. The number of fused-ring (bicyclic) bond motifs is 4. The zero-order chi connectivity index (χ0) is 28.6. The van der Waals surface area contributed by atoms with Gasteiger partial charge in [0.25, 0.3) is 5.91 Å². The van der Waals surface area contributed by atoms with Crippen molar-refractivity contribution in [3.05, 3.63) is 76.9 Å². The Bertz CT molecular complexity index is 1860. The molecule has 4 heterocycles. The second kappa shape index (κ2) is 9.00. The molecule has 2 fully saturated rings. The highest BCUT2D eigenvalue weighted by molar-refractivity contribution is 7.16. The van der Waals surface area contributed by atoms with E-state index in [-0.39, 0.29) is 30.3 Å². The molecule has 2 aromatic carbocycles. The Labute approximate surface area is 242 Å². The molecule has 212 valence electrons. The number of tetrazole rings is 1. The number of methoxy groups -OCH3 is 1. The first-order chi connectivity index (χ1) is 20.4. The van der Waals surface area contributed by atoms with Crippen molar-refractivity contribution in [1.82, 2.24) is 35.5 Å². The number of nitrogens with one attached hydrogen (secondary N) is 1. The SMILES string of the molecule is COc1cc(C(=O)NCC(O)(c2cc3c(c(-c4ccc(F)cc4)n2)OC2C[C@@]32n2cnnn2)C2CC2)cc2scnc12. The van der Waals surface area contributed by atoms with E-state index < -0.39 is 11.1 Å². The van der Waals surface area contributed by atoms with Crippen molar-refractivity contribution in [1.29, 1.82) is 0 Å². The van der Waals surface area contributed by atoms with Crippen LogP contribution in [0.4, 0.5) is 4.39 Å². The molecule has 11 nitrogen and oxygen atoms in total. The Balaban J connectivity index is 1.19. The fourth-order valence-electron chi connectivity index (χ4n) is 6.04. The molecule has 0 saturated heterocycles. The van der Waals surface area contributed by atoms with Crippen molar-refractivity contribution >= 4 is 27.5 Å². The van der Waals surface area contributed by atoms with E-state index in [0.29, 0.717) is 46.0 Å². The second-order valence-electron chi connectivity index (χ2n) is 11.0. The number of halogens is 1. The van der Waals surface area contributed by atoms with E-state index >= 15 is 0 Å². The molecule has 8 rings (SSSR count). The van der Waals surface area contributed by atoms with Crippen LogP contribution in [0.25, 0.3) is 21.5 Å². The van der Waals surface area contributed by atoms with Crippen LogP contribution in [0.15, 0.2) is 54.3 Å². The quantitative estimate of drug-likeness (QED) is 0.281. The molecule has 3 atom stereocenters. The Hall–Kier alpha value is -4.49. The molecule has 1 amide bonds. The van der Waals surface area contributed by atoms with Gasteiger partial charge in [-0.2, -0.15) is 0 Å². The summed E-state index contributed by atoms with van der Waals surface area (Å²) in [7, 11) is 1.54. The normalized spacial score (nSPS) is 21.7. The number of amides is 1. The number of pyridine rings is 1. The van der Waals surface area contributed by atoms with Gasteiger partial charge in [-0.3, -0.25) is 4.79 Å². The predicted octanol–water partition coefficient (Wildman–Crippen LogP) is 3.43. The number of benzene rings is 2. The van der Waals surface area contributed by atoms with E-state index in [0.717, 1.165) is 23.1 Å². The summed E-state index contributed by atoms with van der Waals surface area (Å²) in [5.74, 6) is 0.241. The topological polar surface area (TPSA) is 137 Å². The third kappa shape index (κ3) is 3.73. The van der Waals surface area contributed by atoms with Gasteiger partial charge in [-0.05, 0) is 71.7 Å². The van der Waals surface area contributed by atoms with Crippen LogP contribution in [0.2, 0.25) is 0 Å². The van der Waals surface area contributed by atoms with Crippen molar-refractivity contribution in [2.75, 3.05) is 13.7 Å². The van der Waals surface area contributed by atoms with Crippen LogP contribution in [0.3, 0.4) is 0 Å². The zero-order valence-electron chi connectivity index (χ0n) is 22.3. The molecule has 1 aliphatic heterocycles.